The number of aliphatic hydroxyl groups excluding tert-OH is 1. The smallest absolute Gasteiger partial charge is 0.404 e. The topological polar surface area (TPSA) is 113 Å². The molecule has 7 nitrogen and oxygen atoms in total. The molecule has 0 bridgehead atoms. The molecule has 0 radical (unpaired) electrons. The number of amides is 1. The molecule has 1 atom stereocenters. The van der Waals surface area contributed by atoms with Gasteiger partial charge in [-0.3, -0.25) is 0 Å². The molecule has 3 N–H and O–H groups in total. The van der Waals surface area contributed by atoms with Crippen molar-refractivity contribution in [1.29, 1.82) is 0 Å². The summed E-state index contributed by atoms with van der Waals surface area (Å²) in [6.07, 6.45) is -2.34. The maximum atomic E-state index is 12.5. The largest absolute Gasteiger partial charge is 0.481 e. The summed E-state index contributed by atoms with van der Waals surface area (Å²) in [6.45, 7) is 2.05. The second-order valence-electron chi connectivity index (χ2n) is 5.88. The quantitative estimate of drug-likeness (QED) is 0.583. The van der Waals surface area contributed by atoms with Crippen LogP contribution in [0.25, 0.3) is 0 Å². The number of carboxylic acid groups (broad SMARTS) is 1. The highest BCUT2D eigenvalue weighted by atomic mass is 32.2. The Balaban J connectivity index is 2.02. The first-order chi connectivity index (χ1) is 13.3. The second-order valence-corrected chi connectivity index (χ2v) is 7.92. The predicted molar refractivity (Wildman–Crippen MR) is 104 cm³/mol. The van der Waals surface area contributed by atoms with E-state index in [1.54, 1.807) is 43.3 Å². The van der Waals surface area contributed by atoms with Crippen molar-refractivity contribution in [2.24, 2.45) is 0 Å². The Hall–Kier alpha value is -3.02. The molecule has 0 saturated carbocycles. The van der Waals surface area contributed by atoms with Gasteiger partial charge in [0.05, 0.1) is 16.8 Å². The van der Waals surface area contributed by atoms with Gasteiger partial charge in [-0.1, -0.05) is 30.2 Å². The van der Waals surface area contributed by atoms with E-state index in [0.29, 0.717) is 16.9 Å². The highest BCUT2D eigenvalue weighted by Crippen LogP contribution is 2.22. The lowest BCUT2D eigenvalue weighted by Crippen LogP contribution is -2.20. The Labute approximate surface area is 163 Å². The SMILES string of the molecule is CC#CCOc1ccc(S(=O)(=O)CC(O)c2ccc(CNC(=O)O)cc2)cc1. The number of rotatable bonds is 8. The highest BCUT2D eigenvalue weighted by Gasteiger charge is 2.21. The molecular weight excluding hydrogens is 382 g/mol. The number of sulfone groups is 1. The van der Waals surface area contributed by atoms with Crippen molar-refractivity contribution in [3.63, 3.8) is 0 Å². The average molecular weight is 403 g/mol. The molecular formula is C20H21NO6S. The molecule has 0 aromatic heterocycles. The van der Waals surface area contributed by atoms with Gasteiger partial charge in [-0.25, -0.2) is 13.2 Å². The fourth-order valence-corrected chi connectivity index (χ4v) is 3.72. The van der Waals surface area contributed by atoms with E-state index in [-0.39, 0.29) is 18.0 Å². The van der Waals surface area contributed by atoms with Crippen molar-refractivity contribution in [1.82, 2.24) is 5.32 Å². The molecule has 0 spiro atoms. The predicted octanol–water partition coefficient (Wildman–Crippen LogP) is 2.36. The van der Waals surface area contributed by atoms with Gasteiger partial charge in [0.15, 0.2) is 9.84 Å². The van der Waals surface area contributed by atoms with Crippen molar-refractivity contribution in [3.05, 3.63) is 59.7 Å². The van der Waals surface area contributed by atoms with Crippen LogP contribution in [0, 0.1) is 11.8 Å². The zero-order valence-corrected chi connectivity index (χ0v) is 16.1. The van der Waals surface area contributed by atoms with Gasteiger partial charge in [-0.15, -0.1) is 5.92 Å². The summed E-state index contributed by atoms with van der Waals surface area (Å²) >= 11 is 0. The third-order valence-corrected chi connectivity index (χ3v) is 5.60. The van der Waals surface area contributed by atoms with Gasteiger partial charge in [-0.2, -0.15) is 0 Å². The van der Waals surface area contributed by atoms with Crippen molar-refractivity contribution in [3.8, 4) is 17.6 Å². The second kappa shape index (κ2) is 9.78. The van der Waals surface area contributed by atoms with Crippen molar-refractivity contribution < 1.29 is 28.2 Å². The Morgan fingerprint density at radius 1 is 1.14 bits per heavy atom. The molecule has 1 unspecified atom stereocenters. The van der Waals surface area contributed by atoms with Crippen LogP contribution < -0.4 is 10.1 Å². The Bertz CT molecular complexity index is 956. The van der Waals surface area contributed by atoms with Gasteiger partial charge >= 0.3 is 6.09 Å². The Morgan fingerprint density at radius 3 is 2.36 bits per heavy atom. The first kappa shape index (κ1) is 21.3. The number of ether oxygens (including phenoxy) is 1. The van der Waals surface area contributed by atoms with Gasteiger partial charge in [0, 0.05) is 6.54 Å². The maximum absolute atomic E-state index is 12.5. The molecule has 0 aliphatic heterocycles. The van der Waals surface area contributed by atoms with E-state index in [4.69, 9.17) is 9.84 Å². The molecule has 0 aliphatic carbocycles. The zero-order valence-electron chi connectivity index (χ0n) is 15.3. The van der Waals surface area contributed by atoms with E-state index in [1.165, 1.54) is 12.1 Å². The summed E-state index contributed by atoms with van der Waals surface area (Å²) in [5.74, 6) is 5.48. The molecule has 2 aromatic rings. The molecule has 1 amide bonds. The summed E-state index contributed by atoms with van der Waals surface area (Å²) in [6, 6.07) is 12.4. The lowest BCUT2D eigenvalue weighted by molar-refractivity contribution is 0.193. The maximum Gasteiger partial charge on any atom is 0.404 e. The molecule has 0 aliphatic rings. The van der Waals surface area contributed by atoms with E-state index >= 15 is 0 Å². The summed E-state index contributed by atoms with van der Waals surface area (Å²) in [4.78, 5) is 10.6. The number of carbonyl (C=O) groups is 1. The zero-order chi connectivity index (χ0) is 20.6. The van der Waals surface area contributed by atoms with Crippen molar-refractivity contribution >= 4 is 15.9 Å². The van der Waals surface area contributed by atoms with E-state index in [0.717, 1.165) is 0 Å². The fourth-order valence-electron chi connectivity index (χ4n) is 2.37. The standard InChI is InChI=1S/C20H21NO6S/c1-2-3-12-27-17-8-10-18(11-9-17)28(25,26)14-19(22)16-6-4-15(5-7-16)13-21-20(23)24/h4-11,19,21-22H,12-14H2,1H3,(H,23,24). The van der Waals surface area contributed by atoms with Crippen molar-refractivity contribution in [2.75, 3.05) is 12.4 Å². The number of nitrogens with one attached hydrogen (secondary N) is 1. The van der Waals surface area contributed by atoms with Gasteiger partial charge in [0.25, 0.3) is 0 Å². The third kappa shape index (κ3) is 6.30. The van der Waals surface area contributed by atoms with Crippen LogP contribution >= 0.6 is 0 Å². The number of benzene rings is 2. The van der Waals surface area contributed by atoms with Gasteiger partial charge in [-0.05, 0) is 42.3 Å². The van der Waals surface area contributed by atoms with Crippen LogP contribution in [0.4, 0.5) is 4.79 Å². The van der Waals surface area contributed by atoms with E-state index < -0.39 is 27.8 Å². The average Bonchev–Trinajstić information content (AvgIpc) is 2.67. The molecule has 0 heterocycles. The summed E-state index contributed by atoms with van der Waals surface area (Å²) < 4.78 is 30.4. The summed E-state index contributed by atoms with van der Waals surface area (Å²) in [7, 11) is -3.70. The number of hydrogen-bond acceptors (Lipinski definition) is 5. The number of hydrogen-bond donors (Lipinski definition) is 3. The van der Waals surface area contributed by atoms with E-state index in [9.17, 15) is 18.3 Å². The molecule has 0 fully saturated rings. The van der Waals surface area contributed by atoms with Gasteiger partial charge in [0.2, 0.25) is 0 Å². The lowest BCUT2D eigenvalue weighted by atomic mass is 10.1. The molecule has 2 aromatic carbocycles. The fraction of sp³-hybridized carbons (Fsp3) is 0.250. The first-order valence-corrected chi connectivity index (χ1v) is 10.1. The van der Waals surface area contributed by atoms with Gasteiger partial charge < -0.3 is 20.3 Å². The highest BCUT2D eigenvalue weighted by molar-refractivity contribution is 7.91. The number of aliphatic hydroxyl groups is 1. The van der Waals surface area contributed by atoms with E-state index in [2.05, 4.69) is 17.2 Å². The molecule has 148 valence electrons. The van der Waals surface area contributed by atoms with Crippen LogP contribution in [0.15, 0.2) is 53.4 Å². The van der Waals surface area contributed by atoms with Crippen LogP contribution in [0.2, 0.25) is 0 Å². The molecule has 28 heavy (non-hydrogen) atoms. The third-order valence-electron chi connectivity index (χ3n) is 3.86. The molecule has 2 rings (SSSR count). The van der Waals surface area contributed by atoms with Crippen LogP contribution in [0.5, 0.6) is 5.75 Å². The van der Waals surface area contributed by atoms with Crippen LogP contribution in [0.1, 0.15) is 24.2 Å². The van der Waals surface area contributed by atoms with E-state index in [1.807, 2.05) is 0 Å². The molecule has 8 heteroatoms. The van der Waals surface area contributed by atoms with Gasteiger partial charge in [0.1, 0.15) is 12.4 Å². The normalized spacial score (nSPS) is 11.8. The minimum Gasteiger partial charge on any atom is -0.481 e. The minimum absolute atomic E-state index is 0.0859. The first-order valence-electron chi connectivity index (χ1n) is 8.41. The summed E-state index contributed by atoms with van der Waals surface area (Å²) in [5, 5.41) is 21.1. The van der Waals surface area contributed by atoms with Crippen LogP contribution in [-0.4, -0.2) is 37.1 Å². The van der Waals surface area contributed by atoms with Crippen LogP contribution in [0.3, 0.4) is 0 Å². The minimum atomic E-state index is -3.70. The Morgan fingerprint density at radius 2 is 1.79 bits per heavy atom. The lowest BCUT2D eigenvalue weighted by Gasteiger charge is -2.13. The van der Waals surface area contributed by atoms with Crippen LogP contribution in [-0.2, 0) is 16.4 Å². The monoisotopic (exact) mass is 403 g/mol. The Kier molecular flexibility index (Phi) is 7.44. The summed E-state index contributed by atoms with van der Waals surface area (Å²) in [5.41, 5.74) is 1.13. The van der Waals surface area contributed by atoms with Crippen molar-refractivity contribution in [2.45, 2.75) is 24.5 Å². The molecule has 0 saturated heterocycles.